The first-order valence-electron chi connectivity index (χ1n) is 14.3. The number of hydrazine groups is 1. The van der Waals surface area contributed by atoms with Gasteiger partial charge in [0.1, 0.15) is 24.6 Å². The SMILES string of the molecule is C=CCOC(=O)NCCC[C@H]1C(=O)N(CCCCCC)C[C@H]2N1C(=O)CN(C)N2C(=O)NCc1ccc(OC)cc1. The monoisotopic (exact) mass is 572 g/mol. The molecule has 0 spiro atoms. The molecule has 0 radical (unpaired) electrons. The molecular formula is C29H44N6O6. The third-order valence-corrected chi connectivity index (χ3v) is 7.29. The summed E-state index contributed by atoms with van der Waals surface area (Å²) in [6.45, 7) is 7.10. The summed E-state index contributed by atoms with van der Waals surface area (Å²) < 4.78 is 10.1. The number of ether oxygens (including phenoxy) is 2. The van der Waals surface area contributed by atoms with Gasteiger partial charge in [0.25, 0.3) is 0 Å². The molecule has 0 unspecified atom stereocenters. The van der Waals surface area contributed by atoms with Crippen molar-refractivity contribution in [3.8, 4) is 5.75 Å². The summed E-state index contributed by atoms with van der Waals surface area (Å²) in [6, 6.07) is 6.33. The number of alkyl carbamates (subject to hydrolysis) is 1. The molecule has 41 heavy (non-hydrogen) atoms. The van der Waals surface area contributed by atoms with Gasteiger partial charge in [-0.25, -0.2) is 19.6 Å². The fraction of sp³-hybridized carbons (Fsp3) is 0.586. The van der Waals surface area contributed by atoms with Crippen LogP contribution in [-0.2, 0) is 20.9 Å². The number of benzene rings is 1. The third-order valence-electron chi connectivity index (χ3n) is 7.29. The van der Waals surface area contributed by atoms with Crippen molar-refractivity contribution in [3.05, 3.63) is 42.5 Å². The van der Waals surface area contributed by atoms with Crippen LogP contribution in [0.1, 0.15) is 51.0 Å². The minimum absolute atomic E-state index is 0.0289. The number of nitrogens with zero attached hydrogens (tertiary/aromatic N) is 4. The van der Waals surface area contributed by atoms with Crippen molar-refractivity contribution < 1.29 is 28.7 Å². The molecule has 1 aromatic carbocycles. The molecule has 2 N–H and O–H groups in total. The van der Waals surface area contributed by atoms with E-state index in [9.17, 15) is 19.2 Å². The lowest BCUT2D eigenvalue weighted by molar-refractivity contribution is -0.187. The van der Waals surface area contributed by atoms with E-state index in [-0.39, 0.29) is 44.1 Å². The van der Waals surface area contributed by atoms with Crippen LogP contribution in [0.2, 0.25) is 0 Å². The highest BCUT2D eigenvalue weighted by Gasteiger charge is 2.50. The second-order valence-electron chi connectivity index (χ2n) is 10.3. The molecule has 0 saturated carbocycles. The Kier molecular flexibility index (Phi) is 12.3. The van der Waals surface area contributed by atoms with Gasteiger partial charge in [-0.15, -0.1) is 0 Å². The van der Waals surface area contributed by atoms with E-state index in [0.717, 1.165) is 37.0 Å². The highest BCUT2D eigenvalue weighted by molar-refractivity contribution is 5.91. The van der Waals surface area contributed by atoms with Crippen LogP contribution in [0.3, 0.4) is 0 Å². The summed E-state index contributed by atoms with van der Waals surface area (Å²) in [4.78, 5) is 55.6. The average molecular weight is 573 g/mol. The first-order valence-corrected chi connectivity index (χ1v) is 14.3. The zero-order chi connectivity index (χ0) is 29.8. The summed E-state index contributed by atoms with van der Waals surface area (Å²) in [5, 5.41) is 8.79. The number of amides is 5. The Morgan fingerprint density at radius 3 is 2.54 bits per heavy atom. The van der Waals surface area contributed by atoms with Crippen molar-refractivity contribution in [1.82, 2.24) is 30.5 Å². The Hall–Kier alpha value is -3.80. The van der Waals surface area contributed by atoms with Gasteiger partial charge in [-0.2, -0.15) is 0 Å². The van der Waals surface area contributed by atoms with Crippen LogP contribution >= 0.6 is 0 Å². The minimum atomic E-state index is -0.732. The van der Waals surface area contributed by atoms with Crippen molar-refractivity contribution in [2.75, 3.05) is 46.9 Å². The maximum absolute atomic E-state index is 13.6. The first kappa shape index (κ1) is 31.7. The number of nitrogens with one attached hydrogen (secondary N) is 2. The summed E-state index contributed by atoms with van der Waals surface area (Å²) in [6.07, 6.45) is 5.09. The molecule has 1 aromatic rings. The number of unbranched alkanes of at least 4 members (excludes halogenated alkanes) is 3. The van der Waals surface area contributed by atoms with Gasteiger partial charge < -0.3 is 29.9 Å². The van der Waals surface area contributed by atoms with Crippen LogP contribution < -0.4 is 15.4 Å². The van der Waals surface area contributed by atoms with Crippen LogP contribution in [0.5, 0.6) is 5.75 Å². The minimum Gasteiger partial charge on any atom is -0.497 e. The lowest BCUT2D eigenvalue weighted by Crippen LogP contribution is -2.76. The predicted molar refractivity (Wildman–Crippen MR) is 154 cm³/mol. The second kappa shape index (κ2) is 15.8. The Balaban J connectivity index is 1.74. The van der Waals surface area contributed by atoms with E-state index in [1.54, 1.807) is 34.0 Å². The van der Waals surface area contributed by atoms with Crippen LogP contribution in [0.25, 0.3) is 0 Å². The smallest absolute Gasteiger partial charge is 0.407 e. The molecule has 0 bridgehead atoms. The molecule has 12 nitrogen and oxygen atoms in total. The van der Waals surface area contributed by atoms with Crippen molar-refractivity contribution in [2.45, 2.75) is 64.2 Å². The number of likely N-dealkylation sites (N-methyl/N-ethyl adjacent to an activating group) is 1. The van der Waals surface area contributed by atoms with Gasteiger partial charge in [0.15, 0.2) is 0 Å². The van der Waals surface area contributed by atoms with Crippen molar-refractivity contribution in [2.24, 2.45) is 0 Å². The molecule has 2 saturated heterocycles. The molecule has 5 amide bonds. The van der Waals surface area contributed by atoms with Gasteiger partial charge in [0.2, 0.25) is 11.8 Å². The molecule has 2 heterocycles. The maximum atomic E-state index is 13.6. The number of fused-ring (bicyclic) bond motifs is 1. The van der Waals surface area contributed by atoms with E-state index in [4.69, 9.17) is 9.47 Å². The van der Waals surface area contributed by atoms with Crippen LogP contribution in [-0.4, -0.2) is 103 Å². The topological polar surface area (TPSA) is 124 Å². The number of carbonyl (C=O) groups excluding carboxylic acids is 4. The van der Waals surface area contributed by atoms with Gasteiger partial charge in [-0.05, 0) is 37.0 Å². The van der Waals surface area contributed by atoms with Gasteiger partial charge in [0, 0.05) is 26.7 Å². The normalized spacial score (nSPS) is 19.0. The fourth-order valence-corrected chi connectivity index (χ4v) is 5.19. The Morgan fingerprint density at radius 1 is 1.10 bits per heavy atom. The quantitative estimate of drug-likeness (QED) is 0.260. The van der Waals surface area contributed by atoms with Crippen LogP contribution in [0.4, 0.5) is 9.59 Å². The lowest BCUT2D eigenvalue weighted by Gasteiger charge is -2.54. The number of carbonyl (C=O) groups is 4. The molecule has 12 heteroatoms. The highest BCUT2D eigenvalue weighted by atomic mass is 16.5. The number of urea groups is 1. The first-order chi connectivity index (χ1) is 19.8. The molecule has 2 aliphatic rings. The molecule has 226 valence electrons. The van der Waals surface area contributed by atoms with E-state index in [1.165, 1.54) is 6.08 Å². The Labute approximate surface area is 242 Å². The highest BCUT2D eigenvalue weighted by Crippen LogP contribution is 2.28. The largest absolute Gasteiger partial charge is 0.497 e. The van der Waals surface area contributed by atoms with E-state index < -0.39 is 18.3 Å². The van der Waals surface area contributed by atoms with Crippen molar-refractivity contribution >= 4 is 23.9 Å². The fourth-order valence-electron chi connectivity index (χ4n) is 5.19. The summed E-state index contributed by atoms with van der Waals surface area (Å²) in [5.74, 6) is 0.397. The number of rotatable bonds is 14. The van der Waals surface area contributed by atoms with Gasteiger partial charge in [-0.1, -0.05) is 51.0 Å². The molecule has 0 aromatic heterocycles. The van der Waals surface area contributed by atoms with Crippen molar-refractivity contribution in [3.63, 3.8) is 0 Å². The molecule has 2 aliphatic heterocycles. The number of methoxy groups -OCH3 is 1. The van der Waals surface area contributed by atoms with E-state index in [1.807, 2.05) is 24.3 Å². The second-order valence-corrected chi connectivity index (χ2v) is 10.3. The molecule has 2 atom stereocenters. The zero-order valence-electron chi connectivity index (χ0n) is 24.5. The summed E-state index contributed by atoms with van der Waals surface area (Å²) >= 11 is 0. The average Bonchev–Trinajstić information content (AvgIpc) is 2.96. The van der Waals surface area contributed by atoms with Gasteiger partial charge >= 0.3 is 12.1 Å². The van der Waals surface area contributed by atoms with E-state index in [2.05, 4.69) is 24.1 Å². The maximum Gasteiger partial charge on any atom is 0.407 e. The van der Waals surface area contributed by atoms with Crippen LogP contribution in [0.15, 0.2) is 36.9 Å². The third kappa shape index (κ3) is 8.59. The summed E-state index contributed by atoms with van der Waals surface area (Å²) in [5.41, 5.74) is 0.903. The standard InChI is InChI=1S/C29H44N6O6/c1-5-7-8-9-17-33-20-25-34(24(27(33)37)11-10-16-30-29(39)41-18-6-2)26(36)21-32(3)35(25)28(38)31-19-22-12-14-23(40-4)15-13-22/h6,12-15,24-25H,2,5,7-11,16-21H2,1,3-4H3,(H,30,39)(H,31,38)/t24-,25-/m0/s1. The molecular weight excluding hydrogens is 528 g/mol. The molecule has 0 aliphatic carbocycles. The van der Waals surface area contributed by atoms with Crippen molar-refractivity contribution in [1.29, 1.82) is 0 Å². The number of hydrogen-bond acceptors (Lipinski definition) is 7. The Morgan fingerprint density at radius 2 is 1.85 bits per heavy atom. The molecule has 2 fully saturated rings. The zero-order valence-corrected chi connectivity index (χ0v) is 24.5. The van der Waals surface area contributed by atoms with Crippen LogP contribution in [0, 0.1) is 0 Å². The lowest BCUT2D eigenvalue weighted by atomic mass is 10.0. The Bertz CT molecular complexity index is 1050. The summed E-state index contributed by atoms with van der Waals surface area (Å²) in [7, 11) is 3.30. The predicted octanol–water partition coefficient (Wildman–Crippen LogP) is 2.71. The van der Waals surface area contributed by atoms with E-state index >= 15 is 0 Å². The number of hydrogen-bond donors (Lipinski definition) is 2. The van der Waals surface area contributed by atoms with Gasteiger partial charge in [-0.3, -0.25) is 9.59 Å². The molecule has 3 rings (SSSR count). The van der Waals surface area contributed by atoms with Gasteiger partial charge in [0.05, 0.1) is 20.2 Å². The number of piperazine rings is 1. The van der Waals surface area contributed by atoms with E-state index in [0.29, 0.717) is 25.9 Å².